The molecule has 1 unspecified atom stereocenters. The van der Waals surface area contributed by atoms with Crippen molar-refractivity contribution in [3.8, 4) is 0 Å². The van der Waals surface area contributed by atoms with Crippen molar-refractivity contribution in [3.05, 3.63) is 29.8 Å². The van der Waals surface area contributed by atoms with Gasteiger partial charge < -0.3 is 4.90 Å². The molecule has 0 aliphatic carbocycles. The van der Waals surface area contributed by atoms with Crippen LogP contribution in [0.5, 0.6) is 0 Å². The molecule has 0 radical (unpaired) electrons. The number of alkyl halides is 1. The number of rotatable bonds is 5. The van der Waals surface area contributed by atoms with Gasteiger partial charge in [0.1, 0.15) is 4.83 Å². The van der Waals surface area contributed by atoms with E-state index in [1.165, 1.54) is 17.0 Å². The van der Waals surface area contributed by atoms with E-state index in [4.69, 9.17) is 0 Å². The molecule has 0 bridgehead atoms. The molecule has 0 saturated heterocycles. The summed E-state index contributed by atoms with van der Waals surface area (Å²) in [5, 5.41) is 0. The Balaban J connectivity index is 2.71. The van der Waals surface area contributed by atoms with Crippen molar-refractivity contribution >= 4 is 31.9 Å². The number of amides is 1. The van der Waals surface area contributed by atoms with Gasteiger partial charge in [0.2, 0.25) is 15.9 Å². The third-order valence-corrected chi connectivity index (χ3v) is 4.65. The molecule has 0 aliphatic heterocycles. The van der Waals surface area contributed by atoms with E-state index in [1.54, 1.807) is 26.2 Å². The van der Waals surface area contributed by atoms with E-state index in [1.807, 2.05) is 6.92 Å². The van der Waals surface area contributed by atoms with Crippen LogP contribution in [0.2, 0.25) is 0 Å². The molecule has 106 valence electrons. The normalized spacial score (nSPS) is 13.1. The van der Waals surface area contributed by atoms with Crippen LogP contribution >= 0.6 is 15.9 Å². The highest BCUT2D eigenvalue weighted by Gasteiger charge is 2.20. The van der Waals surface area contributed by atoms with Gasteiger partial charge in [-0.1, -0.05) is 33.6 Å². The van der Waals surface area contributed by atoms with E-state index >= 15 is 0 Å². The lowest BCUT2D eigenvalue weighted by Crippen LogP contribution is -2.38. The van der Waals surface area contributed by atoms with Gasteiger partial charge in [-0.05, 0) is 19.1 Å². The number of nitrogens with zero attached hydrogens (tertiary/aromatic N) is 1. The first-order valence-corrected chi connectivity index (χ1v) is 8.05. The van der Waals surface area contributed by atoms with Crippen LogP contribution in [0.25, 0.3) is 0 Å². The number of aryl methyl sites for hydroxylation is 1. The molecule has 0 fully saturated rings. The first kappa shape index (κ1) is 16.1. The largest absolute Gasteiger partial charge is 0.348 e. The maximum atomic E-state index is 12.0. The van der Waals surface area contributed by atoms with Crippen LogP contribution in [0.3, 0.4) is 0 Å². The molecule has 1 N–H and O–H groups in total. The van der Waals surface area contributed by atoms with Crippen LogP contribution in [-0.2, 0) is 14.8 Å². The predicted molar refractivity (Wildman–Crippen MR) is 77.8 cm³/mol. The van der Waals surface area contributed by atoms with Gasteiger partial charge in [-0.2, -0.15) is 0 Å². The third-order valence-electron chi connectivity index (χ3n) is 2.49. The van der Waals surface area contributed by atoms with Crippen molar-refractivity contribution in [2.45, 2.75) is 16.6 Å². The van der Waals surface area contributed by atoms with Crippen molar-refractivity contribution in [3.63, 3.8) is 0 Å². The maximum absolute atomic E-state index is 12.0. The van der Waals surface area contributed by atoms with Crippen molar-refractivity contribution in [1.29, 1.82) is 0 Å². The molecule has 0 spiro atoms. The highest BCUT2D eigenvalue weighted by atomic mass is 79.9. The first-order chi connectivity index (χ1) is 8.74. The van der Waals surface area contributed by atoms with E-state index in [9.17, 15) is 13.2 Å². The summed E-state index contributed by atoms with van der Waals surface area (Å²) >= 11 is 3.16. The lowest BCUT2D eigenvalue weighted by atomic mass is 10.2. The minimum atomic E-state index is -3.58. The van der Waals surface area contributed by atoms with E-state index in [0.29, 0.717) is 0 Å². The van der Waals surface area contributed by atoms with Crippen molar-refractivity contribution in [2.24, 2.45) is 0 Å². The summed E-state index contributed by atoms with van der Waals surface area (Å²) < 4.78 is 26.4. The fourth-order valence-corrected chi connectivity index (χ4v) is 3.18. The summed E-state index contributed by atoms with van der Waals surface area (Å²) in [6.07, 6.45) is 0. The minimum absolute atomic E-state index is 0.00717. The Kier molecular flexibility index (Phi) is 5.51. The van der Waals surface area contributed by atoms with E-state index in [0.717, 1.165) is 5.56 Å². The topological polar surface area (TPSA) is 66.5 Å². The Labute approximate surface area is 122 Å². The molecular weight excluding hydrogens is 332 g/mol. The lowest BCUT2D eigenvalue weighted by molar-refractivity contribution is -0.127. The average molecular weight is 349 g/mol. The Bertz CT molecular complexity index is 541. The lowest BCUT2D eigenvalue weighted by Gasteiger charge is -2.16. The highest BCUT2D eigenvalue weighted by Crippen LogP contribution is 2.11. The number of hydrogen-bond acceptors (Lipinski definition) is 3. The standard InChI is InChI=1S/C12H17BrN2O3S/c1-9-4-6-10(7-5-9)19(17,18)14-8-11(13)12(16)15(2)3/h4-7,11,14H,8H2,1-3H3. The maximum Gasteiger partial charge on any atom is 0.240 e. The van der Waals surface area contributed by atoms with Gasteiger partial charge in [0.05, 0.1) is 4.90 Å². The number of nitrogens with one attached hydrogen (secondary N) is 1. The van der Waals surface area contributed by atoms with Gasteiger partial charge in [-0.3, -0.25) is 4.79 Å². The molecule has 19 heavy (non-hydrogen) atoms. The molecular formula is C12H17BrN2O3S. The monoisotopic (exact) mass is 348 g/mol. The van der Waals surface area contributed by atoms with Crippen LogP contribution in [0, 0.1) is 6.92 Å². The Hall–Kier alpha value is -0.920. The highest BCUT2D eigenvalue weighted by molar-refractivity contribution is 9.10. The van der Waals surface area contributed by atoms with Gasteiger partial charge in [0.15, 0.2) is 0 Å². The van der Waals surface area contributed by atoms with Crippen molar-refractivity contribution < 1.29 is 13.2 Å². The third kappa shape index (κ3) is 4.59. The first-order valence-electron chi connectivity index (χ1n) is 5.65. The van der Waals surface area contributed by atoms with E-state index < -0.39 is 14.9 Å². The quantitative estimate of drug-likeness (QED) is 0.811. The summed E-state index contributed by atoms with van der Waals surface area (Å²) in [6, 6.07) is 6.53. The minimum Gasteiger partial charge on any atom is -0.348 e. The van der Waals surface area contributed by atoms with Crippen LogP contribution < -0.4 is 4.72 Å². The van der Waals surface area contributed by atoms with E-state index in [-0.39, 0.29) is 17.3 Å². The number of hydrogen-bond donors (Lipinski definition) is 1. The zero-order valence-corrected chi connectivity index (χ0v) is 13.5. The molecule has 5 nitrogen and oxygen atoms in total. The number of carbonyl (C=O) groups is 1. The molecule has 0 heterocycles. The average Bonchev–Trinajstić information content (AvgIpc) is 2.35. The smallest absolute Gasteiger partial charge is 0.240 e. The van der Waals surface area contributed by atoms with Gasteiger partial charge in [0.25, 0.3) is 0 Å². The van der Waals surface area contributed by atoms with Gasteiger partial charge in [-0.25, -0.2) is 13.1 Å². The molecule has 1 amide bonds. The zero-order chi connectivity index (χ0) is 14.6. The molecule has 1 atom stereocenters. The summed E-state index contributed by atoms with van der Waals surface area (Å²) in [5.41, 5.74) is 0.986. The van der Waals surface area contributed by atoms with Crippen LogP contribution in [0.15, 0.2) is 29.2 Å². The van der Waals surface area contributed by atoms with Crippen molar-refractivity contribution in [1.82, 2.24) is 9.62 Å². The second-order valence-electron chi connectivity index (χ2n) is 4.37. The molecule has 7 heteroatoms. The van der Waals surface area contributed by atoms with Crippen LogP contribution in [-0.4, -0.2) is 44.7 Å². The second-order valence-corrected chi connectivity index (χ2v) is 7.24. The van der Waals surface area contributed by atoms with Gasteiger partial charge in [-0.15, -0.1) is 0 Å². The number of carbonyl (C=O) groups excluding carboxylic acids is 1. The SMILES string of the molecule is Cc1ccc(S(=O)(=O)NCC(Br)C(=O)N(C)C)cc1. The number of sulfonamides is 1. The van der Waals surface area contributed by atoms with Crippen LogP contribution in [0.1, 0.15) is 5.56 Å². The second kappa shape index (κ2) is 6.49. The number of halogens is 1. The van der Waals surface area contributed by atoms with Crippen LogP contribution in [0.4, 0.5) is 0 Å². The predicted octanol–water partition coefficient (Wildman–Crippen LogP) is 1.13. The Morgan fingerprint density at radius 3 is 2.32 bits per heavy atom. The summed E-state index contributed by atoms with van der Waals surface area (Å²) in [6.45, 7) is 1.89. The summed E-state index contributed by atoms with van der Waals surface area (Å²) in [7, 11) is -0.350. The molecule has 1 rings (SSSR count). The molecule has 1 aromatic rings. The summed E-state index contributed by atoms with van der Waals surface area (Å²) in [4.78, 5) is 12.6. The molecule has 0 aromatic heterocycles. The molecule has 0 aliphatic rings. The zero-order valence-electron chi connectivity index (χ0n) is 11.1. The Morgan fingerprint density at radius 1 is 1.32 bits per heavy atom. The van der Waals surface area contributed by atoms with Gasteiger partial charge in [0, 0.05) is 20.6 Å². The Morgan fingerprint density at radius 2 is 1.84 bits per heavy atom. The fraction of sp³-hybridized carbons (Fsp3) is 0.417. The summed E-state index contributed by atoms with van der Waals surface area (Å²) in [5.74, 6) is -0.188. The molecule has 1 aromatic carbocycles. The number of benzene rings is 1. The van der Waals surface area contributed by atoms with Gasteiger partial charge >= 0.3 is 0 Å². The van der Waals surface area contributed by atoms with E-state index in [2.05, 4.69) is 20.7 Å². The van der Waals surface area contributed by atoms with Crippen molar-refractivity contribution in [2.75, 3.05) is 20.6 Å². The fourth-order valence-electron chi connectivity index (χ4n) is 1.35. The molecule has 0 saturated carbocycles.